The molecular weight excluding hydrogens is 423 g/mol. The third-order valence-corrected chi connectivity index (χ3v) is 6.18. The molecule has 2 amide bonds. The van der Waals surface area contributed by atoms with Gasteiger partial charge in [0.15, 0.2) is 0 Å². The zero-order valence-corrected chi connectivity index (χ0v) is 17.8. The summed E-state index contributed by atoms with van der Waals surface area (Å²) in [6.07, 6.45) is 1.73. The molecule has 10 heteroatoms. The van der Waals surface area contributed by atoms with Gasteiger partial charge in [-0.05, 0) is 29.7 Å². The van der Waals surface area contributed by atoms with Gasteiger partial charge in [-0.1, -0.05) is 44.2 Å². The number of fused-ring (bicyclic) bond motifs is 1. The van der Waals surface area contributed by atoms with E-state index in [1.165, 1.54) is 12.1 Å². The van der Waals surface area contributed by atoms with E-state index < -0.39 is 44.5 Å². The maximum absolute atomic E-state index is 13.9. The van der Waals surface area contributed by atoms with Gasteiger partial charge in [0.1, 0.15) is 16.8 Å². The van der Waals surface area contributed by atoms with Crippen LogP contribution in [0.1, 0.15) is 19.4 Å². The quantitative estimate of drug-likeness (QED) is 0.415. The highest BCUT2D eigenvalue weighted by Gasteiger charge is 2.30. The van der Waals surface area contributed by atoms with Gasteiger partial charge >= 0.3 is 0 Å². The fourth-order valence-electron chi connectivity index (χ4n) is 3.09. The molecule has 0 saturated carbocycles. The minimum absolute atomic E-state index is 0.0115. The lowest BCUT2D eigenvalue weighted by Crippen LogP contribution is -2.54. The number of amides is 2. The summed E-state index contributed by atoms with van der Waals surface area (Å²) in [7, 11) is -4.29. The molecule has 3 rings (SSSR count). The second-order valence-electron chi connectivity index (χ2n) is 7.35. The number of hydrogen-bond acceptors (Lipinski definition) is 4. The van der Waals surface area contributed by atoms with Gasteiger partial charge in [0.25, 0.3) is 5.91 Å². The third kappa shape index (κ3) is 5.28. The molecule has 31 heavy (non-hydrogen) atoms. The van der Waals surface area contributed by atoms with Crippen molar-refractivity contribution in [2.75, 3.05) is 0 Å². The van der Waals surface area contributed by atoms with E-state index in [1.54, 1.807) is 20.0 Å². The summed E-state index contributed by atoms with van der Waals surface area (Å²) in [4.78, 5) is 27.3. The second kappa shape index (κ2) is 9.27. The number of benzene rings is 2. The number of rotatable bonds is 7. The van der Waals surface area contributed by atoms with Crippen molar-refractivity contribution in [1.82, 2.24) is 20.6 Å². The van der Waals surface area contributed by atoms with Gasteiger partial charge in [0.2, 0.25) is 15.9 Å². The Morgan fingerprint density at radius 3 is 2.42 bits per heavy atom. The molecule has 4 N–H and O–H groups in total. The average molecular weight is 447 g/mol. The van der Waals surface area contributed by atoms with Crippen LogP contribution in [0.15, 0.2) is 59.6 Å². The van der Waals surface area contributed by atoms with Crippen LogP contribution in [0.25, 0.3) is 10.9 Å². The molecule has 0 aliphatic heterocycles. The van der Waals surface area contributed by atoms with Crippen LogP contribution in [0.3, 0.4) is 0 Å². The Morgan fingerprint density at radius 2 is 1.71 bits per heavy atom. The number of para-hydroxylation sites is 1. The summed E-state index contributed by atoms with van der Waals surface area (Å²) in [5.74, 6) is -2.63. The molecule has 1 heterocycles. The van der Waals surface area contributed by atoms with Crippen LogP contribution >= 0.6 is 0 Å². The molecule has 1 unspecified atom stereocenters. The molecule has 1 atom stereocenters. The molecular formula is C21H23FN4O4S. The van der Waals surface area contributed by atoms with Crippen LogP contribution in [0.2, 0.25) is 0 Å². The van der Waals surface area contributed by atoms with Crippen LogP contribution in [-0.2, 0) is 26.0 Å². The van der Waals surface area contributed by atoms with E-state index in [0.717, 1.165) is 28.6 Å². The van der Waals surface area contributed by atoms with Crippen molar-refractivity contribution in [3.05, 3.63) is 66.1 Å². The van der Waals surface area contributed by atoms with E-state index in [1.807, 2.05) is 24.3 Å². The molecule has 164 valence electrons. The fourth-order valence-corrected chi connectivity index (χ4v) is 4.51. The van der Waals surface area contributed by atoms with Crippen molar-refractivity contribution in [2.45, 2.75) is 31.2 Å². The standard InChI is InChI=1S/C21H23FN4O4S/c1-13(2)20(26-31(29,30)18-10-6-4-8-16(18)22)21(28)25-24-19(27)11-14-12-23-17-9-5-3-7-15(14)17/h3-10,12-13,20,23,26H,11H2,1-2H3,(H,24,27)(H,25,28). The highest BCUT2D eigenvalue weighted by molar-refractivity contribution is 7.89. The predicted molar refractivity (Wildman–Crippen MR) is 114 cm³/mol. The van der Waals surface area contributed by atoms with E-state index in [-0.39, 0.29) is 6.42 Å². The van der Waals surface area contributed by atoms with Gasteiger partial charge in [0.05, 0.1) is 6.42 Å². The summed E-state index contributed by atoms with van der Waals surface area (Å²) in [6, 6.07) is 11.1. The molecule has 0 radical (unpaired) electrons. The number of hydrogen-bond donors (Lipinski definition) is 4. The topological polar surface area (TPSA) is 120 Å². The number of aromatic amines is 1. The normalized spacial score (nSPS) is 12.6. The van der Waals surface area contributed by atoms with E-state index >= 15 is 0 Å². The van der Waals surface area contributed by atoms with Crippen LogP contribution in [0.4, 0.5) is 4.39 Å². The SMILES string of the molecule is CC(C)C(NS(=O)(=O)c1ccccc1F)C(=O)NNC(=O)Cc1c[nH]c2ccccc12. The van der Waals surface area contributed by atoms with Crippen LogP contribution < -0.4 is 15.6 Å². The largest absolute Gasteiger partial charge is 0.361 e. The lowest BCUT2D eigenvalue weighted by molar-refractivity contribution is -0.130. The number of carbonyl (C=O) groups is 2. The summed E-state index contributed by atoms with van der Waals surface area (Å²) in [5, 5.41) is 0.890. The highest BCUT2D eigenvalue weighted by atomic mass is 32.2. The summed E-state index contributed by atoms with van der Waals surface area (Å²) in [6.45, 7) is 3.25. The minimum atomic E-state index is -4.29. The molecule has 8 nitrogen and oxygen atoms in total. The minimum Gasteiger partial charge on any atom is -0.361 e. The molecule has 0 aliphatic carbocycles. The monoisotopic (exact) mass is 446 g/mol. The average Bonchev–Trinajstić information content (AvgIpc) is 3.13. The molecule has 3 aromatic rings. The number of carbonyl (C=O) groups excluding carboxylic acids is 2. The first-order chi connectivity index (χ1) is 14.7. The van der Waals surface area contributed by atoms with E-state index in [2.05, 4.69) is 20.6 Å². The van der Waals surface area contributed by atoms with Crippen LogP contribution in [-0.4, -0.2) is 31.3 Å². The smallest absolute Gasteiger partial charge is 0.256 e. The Labute approximate surface area is 179 Å². The van der Waals surface area contributed by atoms with E-state index in [0.29, 0.717) is 0 Å². The van der Waals surface area contributed by atoms with Gasteiger partial charge in [-0.15, -0.1) is 0 Å². The molecule has 1 aromatic heterocycles. The summed E-state index contributed by atoms with van der Waals surface area (Å²) in [5.41, 5.74) is 6.18. The molecule has 0 fully saturated rings. The van der Waals surface area contributed by atoms with Crippen molar-refractivity contribution < 1.29 is 22.4 Å². The number of aromatic nitrogens is 1. The van der Waals surface area contributed by atoms with Gasteiger partial charge < -0.3 is 4.98 Å². The Morgan fingerprint density at radius 1 is 1.03 bits per heavy atom. The van der Waals surface area contributed by atoms with Gasteiger partial charge in [-0.2, -0.15) is 4.72 Å². The number of hydrazine groups is 1. The van der Waals surface area contributed by atoms with E-state index in [4.69, 9.17) is 0 Å². The maximum Gasteiger partial charge on any atom is 0.256 e. The van der Waals surface area contributed by atoms with Crippen molar-refractivity contribution in [1.29, 1.82) is 0 Å². The second-order valence-corrected chi connectivity index (χ2v) is 9.03. The molecule has 0 aliphatic rings. The van der Waals surface area contributed by atoms with Gasteiger partial charge in [-0.25, -0.2) is 12.8 Å². The maximum atomic E-state index is 13.9. The highest BCUT2D eigenvalue weighted by Crippen LogP contribution is 2.18. The van der Waals surface area contributed by atoms with Gasteiger partial charge in [0, 0.05) is 17.1 Å². The molecule has 0 bridgehead atoms. The first-order valence-corrected chi connectivity index (χ1v) is 11.1. The molecule has 0 saturated heterocycles. The lowest BCUT2D eigenvalue weighted by Gasteiger charge is -2.22. The number of nitrogens with one attached hydrogen (secondary N) is 4. The van der Waals surface area contributed by atoms with E-state index in [9.17, 15) is 22.4 Å². The van der Waals surface area contributed by atoms with Crippen LogP contribution in [0.5, 0.6) is 0 Å². The predicted octanol–water partition coefficient (Wildman–Crippen LogP) is 2.00. The first-order valence-electron chi connectivity index (χ1n) is 9.59. The lowest BCUT2D eigenvalue weighted by atomic mass is 10.1. The Kier molecular flexibility index (Phi) is 6.71. The van der Waals surface area contributed by atoms with Crippen molar-refractivity contribution >= 4 is 32.7 Å². The Balaban J connectivity index is 1.64. The fraction of sp³-hybridized carbons (Fsp3) is 0.238. The zero-order chi connectivity index (χ0) is 22.6. The number of H-pyrrole nitrogens is 1. The molecule has 2 aromatic carbocycles. The summed E-state index contributed by atoms with van der Waals surface area (Å²) < 4.78 is 41.2. The number of sulfonamides is 1. The Bertz CT molecular complexity index is 1210. The molecule has 0 spiro atoms. The van der Waals surface area contributed by atoms with Crippen molar-refractivity contribution in [2.24, 2.45) is 5.92 Å². The Hall–Kier alpha value is -3.24. The van der Waals surface area contributed by atoms with Crippen molar-refractivity contribution in [3.63, 3.8) is 0 Å². The van der Waals surface area contributed by atoms with Gasteiger partial charge in [-0.3, -0.25) is 20.4 Å². The third-order valence-electron chi connectivity index (χ3n) is 4.71. The number of halogens is 1. The summed E-state index contributed by atoms with van der Waals surface area (Å²) >= 11 is 0. The first kappa shape index (κ1) is 22.4. The van der Waals surface area contributed by atoms with Crippen LogP contribution in [0, 0.1) is 11.7 Å². The van der Waals surface area contributed by atoms with Crippen molar-refractivity contribution in [3.8, 4) is 0 Å². The zero-order valence-electron chi connectivity index (χ0n) is 17.0.